The predicted molar refractivity (Wildman–Crippen MR) is 89.4 cm³/mol. The number of hydrogen-bond acceptors (Lipinski definition) is 4. The summed E-state index contributed by atoms with van der Waals surface area (Å²) in [6.45, 7) is 2.60. The number of nitrogens with two attached hydrogens (primary N) is 1. The molecule has 5 heteroatoms. The Hall–Kier alpha value is -2.01. The van der Waals surface area contributed by atoms with Crippen molar-refractivity contribution < 1.29 is 4.42 Å². The highest BCUT2D eigenvalue weighted by Crippen LogP contribution is 2.33. The van der Waals surface area contributed by atoms with Gasteiger partial charge in [-0.15, -0.1) is 0 Å². The summed E-state index contributed by atoms with van der Waals surface area (Å²) in [7, 11) is 2.00. The molecule has 0 amide bonds. The van der Waals surface area contributed by atoms with Gasteiger partial charge in [0.2, 0.25) is 0 Å². The summed E-state index contributed by atoms with van der Waals surface area (Å²) in [4.78, 5) is 6.47. The maximum atomic E-state index is 6.15. The van der Waals surface area contributed by atoms with Gasteiger partial charge in [0.1, 0.15) is 11.5 Å². The second-order valence-electron chi connectivity index (χ2n) is 5.09. The quantitative estimate of drug-likeness (QED) is 0.775. The molecule has 0 atom stereocenters. The molecule has 0 spiro atoms. The van der Waals surface area contributed by atoms with E-state index in [1.54, 1.807) is 6.20 Å². The maximum absolute atomic E-state index is 6.15. The topological polar surface area (TPSA) is 55.3 Å². The summed E-state index contributed by atoms with van der Waals surface area (Å²) >= 11 is 3.50. The highest BCUT2D eigenvalue weighted by atomic mass is 79.9. The van der Waals surface area contributed by atoms with Gasteiger partial charge in [-0.2, -0.15) is 0 Å². The zero-order valence-corrected chi connectivity index (χ0v) is 13.5. The number of halogens is 1. The summed E-state index contributed by atoms with van der Waals surface area (Å²) in [5, 5.41) is 1.02. The molecule has 3 aromatic rings. The number of anilines is 2. The molecule has 0 saturated heterocycles. The van der Waals surface area contributed by atoms with Crippen molar-refractivity contribution in [2.45, 2.75) is 13.5 Å². The van der Waals surface area contributed by atoms with Crippen molar-refractivity contribution in [3.05, 3.63) is 52.5 Å². The standard InChI is InChI=1S/C16H16BrN3O/c1-10-3-5-12(21-10)9-20(2)16-13-7-11(17)4-6-15(13)19-8-14(16)18/h3-8H,9,18H2,1-2H3. The first kappa shape index (κ1) is 13.9. The molecule has 0 bridgehead atoms. The van der Waals surface area contributed by atoms with Crippen LogP contribution in [0.4, 0.5) is 11.4 Å². The molecule has 2 heterocycles. The first-order valence-corrected chi connectivity index (χ1v) is 7.44. The lowest BCUT2D eigenvalue weighted by Gasteiger charge is -2.21. The monoisotopic (exact) mass is 345 g/mol. The Labute approximate surface area is 131 Å². The van der Waals surface area contributed by atoms with Crippen molar-refractivity contribution in [2.24, 2.45) is 0 Å². The van der Waals surface area contributed by atoms with E-state index in [2.05, 4.69) is 25.8 Å². The van der Waals surface area contributed by atoms with Gasteiger partial charge in [-0.3, -0.25) is 4.98 Å². The molecule has 0 saturated carbocycles. The maximum Gasteiger partial charge on any atom is 0.123 e. The minimum atomic E-state index is 0.656. The molecule has 2 aromatic heterocycles. The molecule has 0 fully saturated rings. The number of benzene rings is 1. The number of nitrogen functional groups attached to an aromatic ring is 1. The van der Waals surface area contributed by atoms with Crippen LogP contribution in [0, 0.1) is 6.92 Å². The van der Waals surface area contributed by atoms with Gasteiger partial charge in [0.05, 0.1) is 29.6 Å². The molecule has 0 aliphatic carbocycles. The molecule has 0 aliphatic rings. The molecular formula is C16H16BrN3O. The Morgan fingerprint density at radius 2 is 2.10 bits per heavy atom. The summed E-state index contributed by atoms with van der Waals surface area (Å²) < 4.78 is 6.65. The molecule has 0 radical (unpaired) electrons. The van der Waals surface area contributed by atoms with E-state index in [0.29, 0.717) is 12.2 Å². The second-order valence-corrected chi connectivity index (χ2v) is 6.01. The van der Waals surface area contributed by atoms with Crippen LogP contribution in [0.3, 0.4) is 0 Å². The van der Waals surface area contributed by atoms with Crippen molar-refractivity contribution in [3.63, 3.8) is 0 Å². The highest BCUT2D eigenvalue weighted by molar-refractivity contribution is 9.10. The number of fused-ring (bicyclic) bond motifs is 1. The van der Waals surface area contributed by atoms with Gasteiger partial charge in [0.25, 0.3) is 0 Å². The van der Waals surface area contributed by atoms with E-state index in [9.17, 15) is 0 Å². The lowest BCUT2D eigenvalue weighted by Crippen LogP contribution is -2.18. The summed E-state index contributed by atoms with van der Waals surface area (Å²) in [6.07, 6.45) is 1.70. The summed E-state index contributed by atoms with van der Waals surface area (Å²) in [5.74, 6) is 1.82. The Morgan fingerprint density at radius 1 is 1.29 bits per heavy atom. The van der Waals surface area contributed by atoms with Crippen LogP contribution in [0.5, 0.6) is 0 Å². The van der Waals surface area contributed by atoms with Gasteiger partial charge in [-0.1, -0.05) is 15.9 Å². The number of aromatic nitrogens is 1. The van der Waals surface area contributed by atoms with E-state index in [1.165, 1.54) is 0 Å². The number of aryl methyl sites for hydroxylation is 1. The smallest absolute Gasteiger partial charge is 0.123 e. The lowest BCUT2D eigenvalue weighted by atomic mass is 10.1. The third-order valence-corrected chi connectivity index (χ3v) is 3.89. The first-order valence-electron chi connectivity index (χ1n) is 6.65. The van der Waals surface area contributed by atoms with Gasteiger partial charge >= 0.3 is 0 Å². The van der Waals surface area contributed by atoms with Crippen LogP contribution >= 0.6 is 15.9 Å². The third kappa shape index (κ3) is 2.74. The summed E-state index contributed by atoms with van der Waals surface area (Å²) in [6, 6.07) is 9.95. The Kier molecular flexibility index (Phi) is 3.59. The van der Waals surface area contributed by atoms with E-state index in [-0.39, 0.29) is 0 Å². The zero-order chi connectivity index (χ0) is 15.0. The van der Waals surface area contributed by atoms with Crippen LogP contribution in [0.2, 0.25) is 0 Å². The summed E-state index contributed by atoms with van der Waals surface area (Å²) in [5.41, 5.74) is 8.69. The van der Waals surface area contributed by atoms with Crippen LogP contribution in [0.25, 0.3) is 10.9 Å². The average Bonchev–Trinajstić information content (AvgIpc) is 2.83. The van der Waals surface area contributed by atoms with Crippen LogP contribution in [-0.2, 0) is 6.54 Å². The Morgan fingerprint density at radius 3 is 2.81 bits per heavy atom. The van der Waals surface area contributed by atoms with E-state index in [1.807, 2.05) is 44.3 Å². The number of rotatable bonds is 3. The lowest BCUT2D eigenvalue weighted by molar-refractivity contribution is 0.482. The molecule has 2 N–H and O–H groups in total. The molecule has 108 valence electrons. The van der Waals surface area contributed by atoms with Gasteiger partial charge in [0.15, 0.2) is 0 Å². The molecule has 4 nitrogen and oxygen atoms in total. The second kappa shape index (κ2) is 5.41. The van der Waals surface area contributed by atoms with Crippen molar-refractivity contribution in [2.75, 3.05) is 17.7 Å². The van der Waals surface area contributed by atoms with Gasteiger partial charge in [0, 0.05) is 16.9 Å². The van der Waals surface area contributed by atoms with Gasteiger partial charge in [-0.25, -0.2) is 0 Å². The van der Waals surface area contributed by atoms with Crippen LogP contribution in [0.1, 0.15) is 11.5 Å². The zero-order valence-electron chi connectivity index (χ0n) is 11.9. The average molecular weight is 346 g/mol. The van der Waals surface area contributed by atoms with Crippen molar-refractivity contribution in [1.82, 2.24) is 4.98 Å². The Bertz CT molecular complexity index is 792. The number of nitrogens with zero attached hydrogens (tertiary/aromatic N) is 2. The van der Waals surface area contributed by atoms with E-state index in [4.69, 9.17) is 10.2 Å². The van der Waals surface area contributed by atoms with Gasteiger partial charge in [-0.05, 0) is 37.3 Å². The van der Waals surface area contributed by atoms with Crippen molar-refractivity contribution >= 4 is 38.2 Å². The molecule has 21 heavy (non-hydrogen) atoms. The fourth-order valence-corrected chi connectivity index (χ4v) is 2.84. The third-order valence-electron chi connectivity index (χ3n) is 3.40. The number of pyridine rings is 1. The molecule has 3 rings (SSSR count). The minimum absolute atomic E-state index is 0.656. The number of furan rings is 1. The molecule has 0 aliphatic heterocycles. The van der Waals surface area contributed by atoms with Crippen LogP contribution in [0.15, 0.2) is 45.4 Å². The predicted octanol–water partition coefficient (Wildman–Crippen LogP) is 4.12. The minimum Gasteiger partial charge on any atom is -0.464 e. The normalized spacial score (nSPS) is 11.0. The van der Waals surface area contributed by atoms with E-state index < -0.39 is 0 Å². The van der Waals surface area contributed by atoms with Crippen LogP contribution in [-0.4, -0.2) is 12.0 Å². The highest BCUT2D eigenvalue weighted by Gasteiger charge is 2.13. The molecule has 0 unspecified atom stereocenters. The van der Waals surface area contributed by atoms with Crippen molar-refractivity contribution in [3.8, 4) is 0 Å². The fraction of sp³-hybridized carbons (Fsp3) is 0.188. The Balaban J connectivity index is 2.05. The largest absolute Gasteiger partial charge is 0.464 e. The van der Waals surface area contributed by atoms with E-state index >= 15 is 0 Å². The SMILES string of the molecule is Cc1ccc(CN(C)c2c(N)cnc3ccc(Br)cc23)o1. The molecular weight excluding hydrogens is 330 g/mol. The number of hydrogen-bond donors (Lipinski definition) is 1. The van der Waals surface area contributed by atoms with Crippen LogP contribution < -0.4 is 10.6 Å². The van der Waals surface area contributed by atoms with Gasteiger partial charge < -0.3 is 15.1 Å². The van der Waals surface area contributed by atoms with Crippen molar-refractivity contribution in [1.29, 1.82) is 0 Å². The first-order chi connectivity index (χ1) is 10.0. The fourth-order valence-electron chi connectivity index (χ4n) is 2.48. The molecule has 1 aromatic carbocycles. The van der Waals surface area contributed by atoms with E-state index in [0.717, 1.165) is 32.6 Å².